The van der Waals surface area contributed by atoms with Crippen molar-refractivity contribution in [2.24, 2.45) is 0 Å². The maximum absolute atomic E-state index is 11.6. The average molecular weight is 286 g/mol. The van der Waals surface area contributed by atoms with Gasteiger partial charge in [-0.05, 0) is 26.3 Å². The van der Waals surface area contributed by atoms with E-state index in [0.29, 0.717) is 24.4 Å². The Balaban J connectivity index is 2.04. The molecule has 1 aliphatic rings. The second kappa shape index (κ2) is 7.12. The van der Waals surface area contributed by atoms with Gasteiger partial charge in [0.2, 0.25) is 0 Å². The molecule has 2 atom stereocenters. The molecule has 0 aliphatic carbocycles. The highest BCUT2D eigenvalue weighted by Crippen LogP contribution is 2.27. The quantitative estimate of drug-likeness (QED) is 0.811. The van der Waals surface area contributed by atoms with Gasteiger partial charge in [0.25, 0.3) is 0 Å². The summed E-state index contributed by atoms with van der Waals surface area (Å²) in [5.41, 5.74) is -0.139. The topological polar surface area (TPSA) is 71.9 Å². The van der Waals surface area contributed by atoms with Gasteiger partial charge in [-0.1, -0.05) is 18.7 Å². The normalized spacial score (nSPS) is 23.7. The van der Waals surface area contributed by atoms with Crippen LogP contribution in [-0.2, 0) is 11.3 Å². The molecule has 0 spiro atoms. The van der Waals surface area contributed by atoms with Crippen LogP contribution in [0.3, 0.4) is 0 Å². The molecule has 7 heteroatoms. The number of nitrogens with zero attached hydrogens (tertiary/aromatic N) is 2. The van der Waals surface area contributed by atoms with Gasteiger partial charge in [-0.15, -0.1) is 5.10 Å². The van der Waals surface area contributed by atoms with E-state index < -0.39 is 0 Å². The van der Waals surface area contributed by atoms with Crippen molar-refractivity contribution in [2.75, 3.05) is 19.8 Å². The van der Waals surface area contributed by atoms with E-state index in [1.165, 1.54) is 0 Å². The first-order valence-electron chi connectivity index (χ1n) is 6.89. The first kappa shape index (κ1) is 14.6. The maximum atomic E-state index is 11.6. The number of ether oxygens (including phenoxy) is 1. The number of hydrogen-bond donors (Lipinski definition) is 2. The number of nitrogens with one attached hydrogen (secondary N) is 2. The van der Waals surface area contributed by atoms with E-state index in [0.717, 1.165) is 31.1 Å². The zero-order valence-corrected chi connectivity index (χ0v) is 12.3. The predicted molar refractivity (Wildman–Crippen MR) is 75.7 cm³/mol. The summed E-state index contributed by atoms with van der Waals surface area (Å²) < 4.78 is 7.22. The smallest absolute Gasteiger partial charge is 0.343 e. The molecule has 2 unspecified atom stereocenters. The van der Waals surface area contributed by atoms with Crippen LogP contribution < -0.4 is 11.0 Å². The Hall–Kier alpha value is -0.790. The number of aromatic nitrogens is 3. The van der Waals surface area contributed by atoms with Crippen molar-refractivity contribution in [3.8, 4) is 0 Å². The first-order chi connectivity index (χ1) is 9.26. The predicted octanol–water partition coefficient (Wildman–Crippen LogP) is 0.840. The van der Waals surface area contributed by atoms with Gasteiger partial charge < -0.3 is 10.1 Å². The fourth-order valence-electron chi connectivity index (χ4n) is 2.20. The van der Waals surface area contributed by atoms with Crippen molar-refractivity contribution in [1.29, 1.82) is 0 Å². The van der Waals surface area contributed by atoms with Crippen molar-refractivity contribution < 1.29 is 4.74 Å². The molecule has 1 aromatic rings. The van der Waals surface area contributed by atoms with Gasteiger partial charge in [0.1, 0.15) is 0 Å². The Morgan fingerprint density at radius 2 is 2.42 bits per heavy atom. The lowest BCUT2D eigenvalue weighted by Crippen LogP contribution is -2.45. The molecule has 108 valence electrons. The minimum absolute atomic E-state index is 0.139. The van der Waals surface area contributed by atoms with E-state index in [1.807, 2.05) is 6.92 Å². The number of H-pyrrole nitrogens is 1. The Bertz CT molecular complexity index is 445. The highest BCUT2D eigenvalue weighted by atomic mass is 32.2. The minimum atomic E-state index is -0.139. The summed E-state index contributed by atoms with van der Waals surface area (Å²) >= 11 is 1.63. The van der Waals surface area contributed by atoms with E-state index in [9.17, 15) is 4.79 Å². The number of hydrogen-bond acceptors (Lipinski definition) is 5. The highest BCUT2D eigenvalue weighted by molar-refractivity contribution is 7.99. The molecule has 2 heterocycles. The summed E-state index contributed by atoms with van der Waals surface area (Å²) in [4.78, 5) is 11.6. The summed E-state index contributed by atoms with van der Waals surface area (Å²) in [7, 11) is 0. The van der Waals surface area contributed by atoms with Gasteiger partial charge in [-0.3, -0.25) is 4.57 Å². The Labute approximate surface area is 117 Å². The van der Waals surface area contributed by atoms with Gasteiger partial charge in [0.15, 0.2) is 5.16 Å². The molecule has 0 saturated carbocycles. The molecule has 0 radical (unpaired) electrons. The third-order valence-corrected chi connectivity index (χ3v) is 4.55. The highest BCUT2D eigenvalue weighted by Gasteiger charge is 2.27. The van der Waals surface area contributed by atoms with E-state index in [1.54, 1.807) is 16.3 Å². The van der Waals surface area contributed by atoms with Gasteiger partial charge in [0, 0.05) is 19.2 Å². The molecule has 2 N–H and O–H groups in total. The Kier molecular flexibility index (Phi) is 5.47. The van der Waals surface area contributed by atoms with Crippen LogP contribution in [0.5, 0.6) is 0 Å². The Morgan fingerprint density at radius 3 is 3.16 bits per heavy atom. The van der Waals surface area contributed by atoms with Crippen LogP contribution >= 0.6 is 11.8 Å². The van der Waals surface area contributed by atoms with Crippen molar-refractivity contribution in [3.63, 3.8) is 0 Å². The molecule has 1 saturated heterocycles. The lowest BCUT2D eigenvalue weighted by molar-refractivity contribution is 0.0832. The fraction of sp³-hybridized carbons (Fsp3) is 0.833. The minimum Gasteiger partial charge on any atom is -0.380 e. The first-order valence-corrected chi connectivity index (χ1v) is 7.77. The van der Waals surface area contributed by atoms with Gasteiger partial charge in [-0.2, -0.15) is 0 Å². The molecule has 1 aliphatic heterocycles. The van der Waals surface area contributed by atoms with Crippen LogP contribution in [0.1, 0.15) is 26.7 Å². The molecule has 0 bridgehead atoms. The third-order valence-electron chi connectivity index (χ3n) is 3.26. The van der Waals surface area contributed by atoms with E-state index >= 15 is 0 Å². The number of thioether (sulfide) groups is 1. The summed E-state index contributed by atoms with van der Waals surface area (Å²) in [5, 5.41) is 11.2. The molecule has 6 nitrogen and oxygen atoms in total. The summed E-state index contributed by atoms with van der Waals surface area (Å²) in [6.45, 7) is 7.28. The zero-order valence-electron chi connectivity index (χ0n) is 11.5. The van der Waals surface area contributed by atoms with Crippen molar-refractivity contribution in [2.45, 2.75) is 49.7 Å². The van der Waals surface area contributed by atoms with Gasteiger partial charge in [-0.25, -0.2) is 9.89 Å². The summed E-state index contributed by atoms with van der Waals surface area (Å²) in [5.74, 6) is 0. The van der Waals surface area contributed by atoms with E-state index in [4.69, 9.17) is 4.74 Å². The Morgan fingerprint density at radius 1 is 1.58 bits per heavy atom. The maximum Gasteiger partial charge on any atom is 0.343 e. The lowest BCUT2D eigenvalue weighted by atomic mass is 10.1. The van der Waals surface area contributed by atoms with Crippen molar-refractivity contribution in [3.05, 3.63) is 10.5 Å². The largest absolute Gasteiger partial charge is 0.380 e. The summed E-state index contributed by atoms with van der Waals surface area (Å²) in [6, 6.07) is 0.427. The third kappa shape index (κ3) is 3.61. The van der Waals surface area contributed by atoms with Crippen LogP contribution in [0.15, 0.2) is 9.95 Å². The average Bonchev–Trinajstić information content (AvgIpc) is 2.78. The van der Waals surface area contributed by atoms with Crippen LogP contribution in [-0.4, -0.2) is 45.8 Å². The van der Waals surface area contributed by atoms with Crippen LogP contribution in [0.25, 0.3) is 0 Å². The van der Waals surface area contributed by atoms with Crippen molar-refractivity contribution >= 4 is 11.8 Å². The molecule has 19 heavy (non-hydrogen) atoms. The molecule has 1 aromatic heterocycles. The van der Waals surface area contributed by atoms with Crippen LogP contribution in [0.4, 0.5) is 0 Å². The monoisotopic (exact) mass is 286 g/mol. The SMILES string of the molecule is CCCNC1CCOCC1Sc1n[nH]c(=O)n1CC. The molecule has 0 aromatic carbocycles. The zero-order chi connectivity index (χ0) is 13.7. The molecule has 0 amide bonds. The molecular weight excluding hydrogens is 264 g/mol. The van der Waals surface area contributed by atoms with Crippen molar-refractivity contribution in [1.82, 2.24) is 20.1 Å². The van der Waals surface area contributed by atoms with Crippen LogP contribution in [0.2, 0.25) is 0 Å². The summed E-state index contributed by atoms with van der Waals surface area (Å²) in [6.07, 6.45) is 2.13. The standard InChI is InChI=1S/C12H22N4O2S/c1-3-6-13-9-5-7-18-8-10(9)19-12-15-14-11(17)16(12)4-2/h9-10,13H,3-8H2,1-2H3,(H,14,17). The van der Waals surface area contributed by atoms with E-state index in [2.05, 4.69) is 22.4 Å². The second-order valence-corrected chi connectivity index (χ2v) is 5.84. The molecular formula is C12H22N4O2S. The number of rotatable bonds is 6. The van der Waals surface area contributed by atoms with Gasteiger partial charge in [0.05, 0.1) is 11.9 Å². The fourth-order valence-corrected chi connectivity index (χ4v) is 3.47. The second-order valence-electron chi connectivity index (χ2n) is 4.64. The van der Waals surface area contributed by atoms with E-state index in [-0.39, 0.29) is 5.69 Å². The molecule has 1 fully saturated rings. The molecule has 2 rings (SSSR count). The lowest BCUT2D eigenvalue weighted by Gasteiger charge is -2.31. The van der Waals surface area contributed by atoms with Crippen LogP contribution in [0, 0.1) is 0 Å². The van der Waals surface area contributed by atoms with Gasteiger partial charge >= 0.3 is 5.69 Å². The number of aromatic amines is 1.